The molecule has 4 rings (SSSR count). The number of nitrogens with one attached hydrogen (secondary N) is 2. The van der Waals surface area contributed by atoms with Gasteiger partial charge in [0.15, 0.2) is 6.23 Å². The van der Waals surface area contributed by atoms with Crippen LogP contribution in [0.2, 0.25) is 5.02 Å². The molecule has 1 aromatic heterocycles. The quantitative estimate of drug-likeness (QED) is 0.195. The van der Waals surface area contributed by atoms with Crippen LogP contribution in [0.4, 0.5) is 0 Å². The molecule has 0 radical (unpaired) electrons. The maximum atomic E-state index is 14.1. The van der Waals surface area contributed by atoms with Crippen LogP contribution in [0.15, 0.2) is 58.3 Å². The molecule has 3 aromatic rings. The fourth-order valence-electron chi connectivity index (χ4n) is 4.30. The van der Waals surface area contributed by atoms with Gasteiger partial charge < -0.3 is 24.2 Å². The fraction of sp³-hybridized carbons (Fsp3) is 0.423. The Bertz CT molecular complexity index is 1580. The van der Waals surface area contributed by atoms with Crippen molar-refractivity contribution in [3.63, 3.8) is 0 Å². The first-order chi connectivity index (χ1) is 19.2. The Hall–Kier alpha value is -3.03. The van der Waals surface area contributed by atoms with Crippen LogP contribution < -0.4 is 20.9 Å². The number of carbonyl (C=O) groups excluding carboxylic acids is 1. The van der Waals surface area contributed by atoms with Crippen LogP contribution in [0.5, 0.6) is 5.75 Å². The number of aromatic nitrogens is 2. The molecule has 0 bridgehead atoms. The smallest absolute Gasteiger partial charge is 0.459 e. The van der Waals surface area contributed by atoms with E-state index in [1.165, 1.54) is 13.8 Å². The minimum absolute atomic E-state index is 0.190. The van der Waals surface area contributed by atoms with Crippen LogP contribution in [-0.2, 0) is 23.4 Å². The Morgan fingerprint density at radius 1 is 1.22 bits per heavy atom. The lowest BCUT2D eigenvalue weighted by molar-refractivity contribution is -0.149. The van der Waals surface area contributed by atoms with Gasteiger partial charge in [-0.15, -0.1) is 0 Å². The van der Waals surface area contributed by atoms with Crippen molar-refractivity contribution in [3.05, 3.63) is 74.5 Å². The van der Waals surface area contributed by atoms with Crippen molar-refractivity contribution in [2.45, 2.75) is 63.9 Å². The van der Waals surface area contributed by atoms with Crippen molar-refractivity contribution >= 4 is 36.1 Å². The van der Waals surface area contributed by atoms with E-state index in [9.17, 15) is 29.2 Å². The Morgan fingerprint density at radius 2 is 1.90 bits per heavy atom. The van der Waals surface area contributed by atoms with Crippen molar-refractivity contribution < 1.29 is 38.1 Å². The van der Waals surface area contributed by atoms with Crippen molar-refractivity contribution in [3.8, 4) is 5.75 Å². The lowest BCUT2D eigenvalue weighted by Crippen LogP contribution is -2.47. The summed E-state index contributed by atoms with van der Waals surface area (Å²) >= 11 is 5.85. The summed E-state index contributed by atoms with van der Waals surface area (Å²) in [6.45, 7) is 5.34. The number of halogens is 1. The van der Waals surface area contributed by atoms with E-state index in [4.69, 9.17) is 30.1 Å². The number of nitrogens with zero attached hydrogens (tertiary/aromatic N) is 1. The van der Waals surface area contributed by atoms with E-state index in [-0.39, 0.29) is 10.8 Å². The molecule has 1 saturated heterocycles. The van der Waals surface area contributed by atoms with Crippen LogP contribution in [0.1, 0.15) is 33.9 Å². The number of aromatic amines is 1. The third-order valence-corrected chi connectivity index (χ3v) is 8.26. The minimum Gasteiger partial charge on any atom is -0.462 e. The Kier molecular flexibility index (Phi) is 9.10. The molecule has 1 aliphatic rings. The molecule has 4 N–H and O–H groups in total. The van der Waals surface area contributed by atoms with E-state index in [0.717, 1.165) is 16.2 Å². The predicted molar refractivity (Wildman–Crippen MR) is 149 cm³/mol. The molecule has 0 saturated carbocycles. The van der Waals surface area contributed by atoms with Gasteiger partial charge in [0.25, 0.3) is 5.56 Å². The van der Waals surface area contributed by atoms with Crippen molar-refractivity contribution in [1.29, 1.82) is 0 Å². The van der Waals surface area contributed by atoms with E-state index < -0.39 is 67.8 Å². The van der Waals surface area contributed by atoms with Crippen molar-refractivity contribution in [1.82, 2.24) is 14.6 Å². The van der Waals surface area contributed by atoms with Gasteiger partial charge in [-0.3, -0.25) is 23.7 Å². The van der Waals surface area contributed by atoms with E-state index >= 15 is 0 Å². The maximum Gasteiger partial charge on any atom is 0.459 e. The SMILES string of the molecule is CC(C)OC(=O)[C@@H](C)N[P@@](=O)(OC[C@H]1O[C@@H](n2cc(Cl)c(=O)[nH]c2=O)[C@](C)(O)[C@@H]1O)Oc1cccc2ccccc12. The molecule has 0 aliphatic carbocycles. The molecular weight excluding hydrogens is 581 g/mol. The summed E-state index contributed by atoms with van der Waals surface area (Å²) in [7, 11) is -4.40. The molecule has 6 atom stereocenters. The second kappa shape index (κ2) is 12.1. The van der Waals surface area contributed by atoms with Crippen LogP contribution >= 0.6 is 19.3 Å². The summed E-state index contributed by atoms with van der Waals surface area (Å²) in [6.07, 6.45) is -3.96. The second-order valence-electron chi connectivity index (χ2n) is 10.0. The van der Waals surface area contributed by atoms with Crippen LogP contribution in [0.3, 0.4) is 0 Å². The van der Waals surface area contributed by atoms with Crippen LogP contribution in [0.25, 0.3) is 10.8 Å². The molecule has 0 amide bonds. The largest absolute Gasteiger partial charge is 0.462 e. The van der Waals surface area contributed by atoms with Gasteiger partial charge in [-0.2, -0.15) is 5.09 Å². The number of ether oxygens (including phenoxy) is 2. The topological polar surface area (TPSA) is 178 Å². The van der Waals surface area contributed by atoms with E-state index in [1.807, 2.05) is 23.2 Å². The highest BCUT2D eigenvalue weighted by Gasteiger charge is 2.54. The molecule has 41 heavy (non-hydrogen) atoms. The predicted octanol–water partition coefficient (Wildman–Crippen LogP) is 2.49. The zero-order valence-corrected chi connectivity index (χ0v) is 24.3. The average Bonchev–Trinajstić information content (AvgIpc) is 3.13. The second-order valence-corrected chi connectivity index (χ2v) is 12.1. The van der Waals surface area contributed by atoms with Gasteiger partial charge in [-0.1, -0.05) is 48.0 Å². The zero-order valence-electron chi connectivity index (χ0n) is 22.6. The summed E-state index contributed by atoms with van der Waals surface area (Å²) in [6, 6.07) is 11.1. The molecule has 15 heteroatoms. The molecule has 0 unspecified atom stereocenters. The number of esters is 1. The molecule has 0 spiro atoms. The van der Waals surface area contributed by atoms with E-state index in [1.54, 1.807) is 38.1 Å². The zero-order chi connectivity index (χ0) is 30.1. The summed E-state index contributed by atoms with van der Waals surface area (Å²) in [5.41, 5.74) is -3.85. The summed E-state index contributed by atoms with van der Waals surface area (Å²) in [5.74, 6) is -0.518. The highest BCUT2D eigenvalue weighted by atomic mass is 35.5. The molecule has 2 heterocycles. The molecule has 13 nitrogen and oxygen atoms in total. The van der Waals surface area contributed by atoms with Gasteiger partial charge in [0.2, 0.25) is 0 Å². The monoisotopic (exact) mass is 611 g/mol. The fourth-order valence-corrected chi connectivity index (χ4v) is 5.98. The number of aliphatic hydroxyl groups excluding tert-OH is 1. The summed E-state index contributed by atoms with van der Waals surface area (Å²) in [4.78, 5) is 38.6. The molecule has 1 aliphatic heterocycles. The number of benzene rings is 2. The van der Waals surface area contributed by atoms with E-state index in [2.05, 4.69) is 5.09 Å². The Labute approximate surface area is 239 Å². The first-order valence-corrected chi connectivity index (χ1v) is 14.6. The summed E-state index contributed by atoms with van der Waals surface area (Å²) in [5, 5.41) is 25.5. The van der Waals surface area contributed by atoms with Gasteiger partial charge in [-0.05, 0) is 39.1 Å². The van der Waals surface area contributed by atoms with Crippen molar-refractivity contribution in [2.75, 3.05) is 6.61 Å². The minimum atomic E-state index is -4.40. The van der Waals surface area contributed by atoms with Gasteiger partial charge in [-0.25, -0.2) is 9.36 Å². The number of hydrogen-bond acceptors (Lipinski definition) is 10. The molecular formula is C26H31ClN3O10P. The normalized spacial score (nSPS) is 24.7. The van der Waals surface area contributed by atoms with Gasteiger partial charge in [0.05, 0.1) is 12.7 Å². The number of H-pyrrole nitrogens is 1. The average molecular weight is 612 g/mol. The third-order valence-electron chi connectivity index (χ3n) is 6.37. The molecule has 1 fully saturated rings. The van der Waals surface area contributed by atoms with Gasteiger partial charge >= 0.3 is 19.4 Å². The lowest BCUT2D eigenvalue weighted by atomic mass is 9.96. The van der Waals surface area contributed by atoms with Gasteiger partial charge in [0, 0.05) is 11.6 Å². The van der Waals surface area contributed by atoms with Crippen molar-refractivity contribution in [2.24, 2.45) is 0 Å². The third kappa shape index (κ3) is 6.73. The Balaban J connectivity index is 1.61. The van der Waals surface area contributed by atoms with Crippen LogP contribution in [0, 0.1) is 0 Å². The lowest BCUT2D eigenvalue weighted by Gasteiger charge is -2.27. The van der Waals surface area contributed by atoms with Crippen LogP contribution in [-0.4, -0.2) is 62.3 Å². The highest BCUT2D eigenvalue weighted by Crippen LogP contribution is 2.48. The number of carbonyl (C=O) groups is 1. The standard InChI is InChI=1S/C26H31ClN3O10P/c1-14(2)38-23(33)15(3)29-41(36,40-19-11-7-9-16-8-5-6-10-17(16)19)37-13-20-21(31)26(4,35)24(39-20)30-12-18(27)22(32)28-25(30)34/h5-12,14-15,20-21,24,31,35H,13H2,1-4H3,(H,29,36)(H,28,32,34)/t15-,20-,21-,24-,26-,41-/m1/s1. The number of fused-ring (bicyclic) bond motifs is 1. The molecule has 2 aromatic carbocycles. The van der Waals surface area contributed by atoms with Gasteiger partial charge in [0.1, 0.15) is 34.6 Å². The first-order valence-electron chi connectivity index (χ1n) is 12.7. The number of rotatable bonds is 10. The summed E-state index contributed by atoms with van der Waals surface area (Å²) < 4.78 is 37.3. The molecule has 222 valence electrons. The number of aliphatic hydroxyl groups is 2. The maximum absolute atomic E-state index is 14.1. The van der Waals surface area contributed by atoms with E-state index in [0.29, 0.717) is 5.39 Å². The number of hydrogen-bond donors (Lipinski definition) is 4. The Morgan fingerprint density at radius 3 is 2.61 bits per heavy atom. The highest BCUT2D eigenvalue weighted by molar-refractivity contribution is 7.52. The first kappa shape index (κ1) is 30.9.